The van der Waals surface area contributed by atoms with Crippen LogP contribution in [0.4, 0.5) is 4.39 Å². The molecular formula is C14H18BrFN2O. The molecule has 104 valence electrons. The molecule has 0 aliphatic heterocycles. The van der Waals surface area contributed by atoms with Crippen molar-refractivity contribution in [2.45, 2.75) is 31.8 Å². The smallest absolute Gasteiger partial charge is 0.227 e. The lowest BCUT2D eigenvalue weighted by molar-refractivity contribution is -0.134. The number of hydrogen-bond acceptors (Lipinski definition) is 2. The molecule has 1 aliphatic carbocycles. The SMILES string of the molecule is CN(Cc1cc(Br)ccc1F)C(=O)[C@H]1CCC[C@H]1N. The molecule has 0 heterocycles. The van der Waals surface area contributed by atoms with Gasteiger partial charge in [-0.2, -0.15) is 0 Å². The summed E-state index contributed by atoms with van der Waals surface area (Å²) in [7, 11) is 1.70. The Bertz CT molecular complexity index is 481. The highest BCUT2D eigenvalue weighted by molar-refractivity contribution is 9.10. The van der Waals surface area contributed by atoms with Gasteiger partial charge in [-0.3, -0.25) is 4.79 Å². The largest absolute Gasteiger partial charge is 0.341 e. The number of nitrogens with zero attached hydrogens (tertiary/aromatic N) is 1. The highest BCUT2D eigenvalue weighted by Crippen LogP contribution is 2.26. The zero-order chi connectivity index (χ0) is 14.0. The summed E-state index contributed by atoms with van der Waals surface area (Å²) in [6, 6.07) is 4.70. The van der Waals surface area contributed by atoms with Crippen LogP contribution in [0.1, 0.15) is 24.8 Å². The van der Waals surface area contributed by atoms with Gasteiger partial charge < -0.3 is 10.6 Å². The highest BCUT2D eigenvalue weighted by Gasteiger charge is 2.32. The van der Waals surface area contributed by atoms with Gasteiger partial charge in [-0.1, -0.05) is 22.4 Å². The van der Waals surface area contributed by atoms with Crippen LogP contribution < -0.4 is 5.73 Å². The number of carbonyl (C=O) groups is 1. The van der Waals surface area contributed by atoms with Gasteiger partial charge in [0, 0.05) is 29.7 Å². The lowest BCUT2D eigenvalue weighted by Gasteiger charge is -2.23. The predicted octanol–water partition coefficient (Wildman–Crippen LogP) is 2.67. The number of nitrogens with two attached hydrogens (primary N) is 1. The molecule has 19 heavy (non-hydrogen) atoms. The summed E-state index contributed by atoms with van der Waals surface area (Å²) in [5.74, 6) is -0.386. The molecule has 1 aromatic carbocycles. The molecule has 1 saturated carbocycles. The quantitative estimate of drug-likeness (QED) is 0.927. The minimum atomic E-state index is -0.293. The molecule has 0 bridgehead atoms. The molecule has 1 aliphatic rings. The van der Waals surface area contributed by atoms with Gasteiger partial charge in [-0.25, -0.2) is 4.39 Å². The Hall–Kier alpha value is -0.940. The first-order chi connectivity index (χ1) is 8.99. The number of rotatable bonds is 3. The maximum atomic E-state index is 13.7. The van der Waals surface area contributed by atoms with Gasteiger partial charge in [-0.15, -0.1) is 0 Å². The van der Waals surface area contributed by atoms with Crippen LogP contribution in [-0.4, -0.2) is 23.9 Å². The third kappa shape index (κ3) is 3.34. The molecule has 0 unspecified atom stereocenters. The van der Waals surface area contributed by atoms with E-state index in [1.165, 1.54) is 6.07 Å². The van der Waals surface area contributed by atoms with E-state index in [1.54, 1.807) is 24.1 Å². The molecule has 3 nitrogen and oxygen atoms in total. The van der Waals surface area contributed by atoms with E-state index in [0.717, 1.165) is 23.7 Å². The molecule has 1 aromatic rings. The second-order valence-electron chi connectivity index (χ2n) is 5.13. The van der Waals surface area contributed by atoms with Crippen LogP contribution in [-0.2, 0) is 11.3 Å². The van der Waals surface area contributed by atoms with Gasteiger partial charge in [0.1, 0.15) is 5.82 Å². The summed E-state index contributed by atoms with van der Waals surface area (Å²) >= 11 is 3.31. The Morgan fingerprint density at radius 3 is 2.89 bits per heavy atom. The number of halogens is 2. The van der Waals surface area contributed by atoms with E-state index >= 15 is 0 Å². The maximum Gasteiger partial charge on any atom is 0.227 e. The number of hydrogen-bond donors (Lipinski definition) is 1. The van der Waals surface area contributed by atoms with Gasteiger partial charge in [-0.05, 0) is 31.0 Å². The van der Waals surface area contributed by atoms with Crippen molar-refractivity contribution in [1.29, 1.82) is 0 Å². The first kappa shape index (κ1) is 14.5. The van der Waals surface area contributed by atoms with Crippen LogP contribution in [0.3, 0.4) is 0 Å². The van der Waals surface area contributed by atoms with E-state index in [0.29, 0.717) is 5.56 Å². The average Bonchev–Trinajstić information content (AvgIpc) is 2.79. The zero-order valence-corrected chi connectivity index (χ0v) is 12.5. The van der Waals surface area contributed by atoms with Crippen LogP contribution >= 0.6 is 15.9 Å². The first-order valence-corrected chi connectivity index (χ1v) is 7.23. The summed E-state index contributed by atoms with van der Waals surface area (Å²) in [4.78, 5) is 13.8. The van der Waals surface area contributed by atoms with Crippen LogP contribution in [0, 0.1) is 11.7 Å². The van der Waals surface area contributed by atoms with E-state index in [9.17, 15) is 9.18 Å². The van der Waals surface area contributed by atoms with Gasteiger partial charge in [0.15, 0.2) is 0 Å². The minimum absolute atomic E-state index is 0.0179. The standard InChI is InChI=1S/C14H18BrFN2O/c1-18(14(19)11-3-2-4-13(11)17)8-9-7-10(15)5-6-12(9)16/h5-7,11,13H,2-4,8,17H2,1H3/t11-,13+/m0/s1. The molecule has 0 aromatic heterocycles. The zero-order valence-electron chi connectivity index (χ0n) is 10.9. The van der Waals surface area contributed by atoms with Crippen molar-refractivity contribution in [2.75, 3.05) is 7.05 Å². The van der Waals surface area contributed by atoms with E-state index in [2.05, 4.69) is 15.9 Å². The third-order valence-corrected chi connectivity index (χ3v) is 4.17. The first-order valence-electron chi connectivity index (χ1n) is 6.43. The molecule has 2 N–H and O–H groups in total. The van der Waals surface area contributed by atoms with Gasteiger partial charge in [0.05, 0.1) is 5.92 Å². The summed E-state index contributed by atoms with van der Waals surface area (Å²) < 4.78 is 14.5. The van der Waals surface area contributed by atoms with Crippen LogP contribution in [0.5, 0.6) is 0 Å². The molecular weight excluding hydrogens is 311 g/mol. The van der Waals surface area contributed by atoms with E-state index in [-0.39, 0.29) is 30.2 Å². The minimum Gasteiger partial charge on any atom is -0.341 e. The Kier molecular flexibility index (Phi) is 4.58. The fraction of sp³-hybridized carbons (Fsp3) is 0.500. The molecule has 0 saturated heterocycles. The second-order valence-corrected chi connectivity index (χ2v) is 6.05. The Morgan fingerprint density at radius 2 is 2.26 bits per heavy atom. The maximum absolute atomic E-state index is 13.7. The summed E-state index contributed by atoms with van der Waals surface area (Å²) in [5.41, 5.74) is 6.45. The van der Waals surface area contributed by atoms with Crippen molar-refractivity contribution >= 4 is 21.8 Å². The van der Waals surface area contributed by atoms with E-state index in [4.69, 9.17) is 5.73 Å². The molecule has 1 amide bonds. The molecule has 0 spiro atoms. The number of amides is 1. The fourth-order valence-electron chi connectivity index (χ4n) is 2.58. The topological polar surface area (TPSA) is 46.3 Å². The molecule has 0 radical (unpaired) electrons. The van der Waals surface area contributed by atoms with Gasteiger partial charge in [0.25, 0.3) is 0 Å². The van der Waals surface area contributed by atoms with Crippen LogP contribution in [0.15, 0.2) is 22.7 Å². The van der Waals surface area contributed by atoms with Crippen molar-refractivity contribution in [3.8, 4) is 0 Å². The Labute approximate surface area is 121 Å². The van der Waals surface area contributed by atoms with E-state index in [1.807, 2.05) is 0 Å². The molecule has 5 heteroatoms. The van der Waals surface area contributed by atoms with Gasteiger partial charge in [0.2, 0.25) is 5.91 Å². The summed E-state index contributed by atoms with van der Waals surface area (Å²) in [6.07, 6.45) is 2.73. The molecule has 2 atom stereocenters. The highest BCUT2D eigenvalue weighted by atomic mass is 79.9. The molecule has 1 fully saturated rings. The Balaban J connectivity index is 2.06. The lowest BCUT2D eigenvalue weighted by Crippen LogP contribution is -2.39. The predicted molar refractivity (Wildman–Crippen MR) is 75.9 cm³/mol. The van der Waals surface area contributed by atoms with Crippen LogP contribution in [0.25, 0.3) is 0 Å². The van der Waals surface area contributed by atoms with Crippen molar-refractivity contribution in [3.05, 3.63) is 34.1 Å². The fourth-order valence-corrected chi connectivity index (χ4v) is 2.98. The lowest BCUT2D eigenvalue weighted by atomic mass is 10.0. The summed E-state index contributed by atoms with van der Waals surface area (Å²) in [6.45, 7) is 0.271. The van der Waals surface area contributed by atoms with Crippen molar-refractivity contribution in [3.63, 3.8) is 0 Å². The average molecular weight is 329 g/mol. The van der Waals surface area contributed by atoms with E-state index < -0.39 is 0 Å². The van der Waals surface area contributed by atoms with Crippen molar-refractivity contribution in [1.82, 2.24) is 4.90 Å². The summed E-state index contributed by atoms with van der Waals surface area (Å²) in [5, 5.41) is 0. The monoisotopic (exact) mass is 328 g/mol. The molecule has 2 rings (SSSR count). The van der Waals surface area contributed by atoms with Crippen molar-refractivity contribution < 1.29 is 9.18 Å². The number of benzene rings is 1. The normalized spacial score (nSPS) is 22.5. The van der Waals surface area contributed by atoms with Gasteiger partial charge >= 0.3 is 0 Å². The second kappa shape index (κ2) is 6.01. The Morgan fingerprint density at radius 1 is 1.53 bits per heavy atom. The number of carbonyl (C=O) groups excluding carboxylic acids is 1. The van der Waals surface area contributed by atoms with Crippen molar-refractivity contribution in [2.24, 2.45) is 11.7 Å². The third-order valence-electron chi connectivity index (χ3n) is 3.68. The van der Waals surface area contributed by atoms with Crippen LogP contribution in [0.2, 0.25) is 0 Å².